The van der Waals surface area contributed by atoms with Crippen molar-refractivity contribution < 1.29 is 4.48 Å². The molecule has 0 saturated heterocycles. The summed E-state index contributed by atoms with van der Waals surface area (Å²) in [5.41, 5.74) is 0. The van der Waals surface area contributed by atoms with Crippen LogP contribution in [0.3, 0.4) is 0 Å². The predicted molar refractivity (Wildman–Crippen MR) is 20.2 cm³/mol. The SMILES string of the molecule is FN=C(Cl)Cl. The average molecular weight is 116 g/mol. The standard InChI is InChI=1S/CCl2FN/c2-1(3)5-4. The van der Waals surface area contributed by atoms with E-state index >= 15 is 0 Å². The lowest BCUT2D eigenvalue weighted by Gasteiger charge is -1.61. The summed E-state index contributed by atoms with van der Waals surface area (Å²) in [5, 5.41) is 1.84. The van der Waals surface area contributed by atoms with Crippen LogP contribution in [-0.2, 0) is 0 Å². The minimum absolute atomic E-state index is 0.593. The molecular formula is CCl2FN. The molecule has 4 heteroatoms. The number of rotatable bonds is 0. The Labute approximate surface area is 38.3 Å². The Morgan fingerprint density at radius 2 is 1.80 bits per heavy atom. The third-order valence-corrected chi connectivity index (χ3v) is 0.192. The highest BCUT2D eigenvalue weighted by Crippen LogP contribution is 1.89. The van der Waals surface area contributed by atoms with Crippen LogP contribution in [0.15, 0.2) is 5.21 Å². The van der Waals surface area contributed by atoms with E-state index < -0.39 is 4.63 Å². The maximum atomic E-state index is 10.4. The second-order valence-corrected chi connectivity index (χ2v) is 1.23. The van der Waals surface area contributed by atoms with Crippen LogP contribution >= 0.6 is 23.2 Å². The van der Waals surface area contributed by atoms with E-state index in [-0.39, 0.29) is 0 Å². The molecule has 0 bridgehead atoms. The van der Waals surface area contributed by atoms with Crippen molar-refractivity contribution in [3.05, 3.63) is 0 Å². The molecular weight excluding hydrogens is 116 g/mol. The molecule has 0 aliphatic carbocycles. The van der Waals surface area contributed by atoms with Crippen molar-refractivity contribution in [3.63, 3.8) is 0 Å². The van der Waals surface area contributed by atoms with Gasteiger partial charge in [0.2, 0.25) is 4.63 Å². The van der Waals surface area contributed by atoms with Crippen LogP contribution in [-0.4, -0.2) is 4.63 Å². The molecule has 0 fully saturated rings. The number of hydrogen-bond acceptors (Lipinski definition) is 1. The van der Waals surface area contributed by atoms with Gasteiger partial charge in [-0.3, -0.25) is 0 Å². The van der Waals surface area contributed by atoms with Gasteiger partial charge in [-0.2, -0.15) is 0 Å². The van der Waals surface area contributed by atoms with Gasteiger partial charge in [-0.25, -0.2) is 0 Å². The molecule has 5 heavy (non-hydrogen) atoms. The summed E-state index contributed by atoms with van der Waals surface area (Å²) < 4.78 is 9.85. The largest absolute Gasteiger partial charge is 0.228 e. The molecule has 0 rings (SSSR count). The molecule has 0 atom stereocenters. The molecule has 0 aromatic rings. The minimum Gasteiger partial charge on any atom is -0.0730 e. The van der Waals surface area contributed by atoms with Gasteiger partial charge in [0.1, 0.15) is 0 Å². The van der Waals surface area contributed by atoms with Crippen LogP contribution in [0.5, 0.6) is 0 Å². The monoisotopic (exact) mass is 115 g/mol. The Bertz CT molecular complexity index is 47.6. The minimum atomic E-state index is -0.593. The van der Waals surface area contributed by atoms with Gasteiger partial charge < -0.3 is 0 Å². The van der Waals surface area contributed by atoms with E-state index in [1.807, 2.05) is 5.21 Å². The summed E-state index contributed by atoms with van der Waals surface area (Å²) >= 11 is 9.21. The first-order chi connectivity index (χ1) is 2.27. The van der Waals surface area contributed by atoms with Crippen molar-refractivity contribution in [2.45, 2.75) is 0 Å². The maximum absolute atomic E-state index is 10.4. The third-order valence-electron chi connectivity index (χ3n) is 0.0639. The first-order valence-corrected chi connectivity index (χ1v) is 1.53. The molecule has 0 unspecified atom stereocenters. The summed E-state index contributed by atoms with van der Waals surface area (Å²) in [7, 11) is 0. The van der Waals surface area contributed by atoms with Crippen LogP contribution in [0.4, 0.5) is 4.48 Å². The predicted octanol–water partition coefficient (Wildman–Crippen LogP) is 1.70. The van der Waals surface area contributed by atoms with Crippen molar-refractivity contribution in [2.24, 2.45) is 5.21 Å². The molecule has 0 spiro atoms. The first kappa shape index (κ1) is 5.18. The van der Waals surface area contributed by atoms with E-state index in [1.54, 1.807) is 0 Å². The van der Waals surface area contributed by atoms with Crippen LogP contribution < -0.4 is 0 Å². The molecule has 30 valence electrons. The van der Waals surface area contributed by atoms with Crippen molar-refractivity contribution in [2.75, 3.05) is 0 Å². The molecule has 0 radical (unpaired) electrons. The van der Waals surface area contributed by atoms with E-state index in [4.69, 9.17) is 0 Å². The number of hydrogen-bond donors (Lipinski definition) is 0. The van der Waals surface area contributed by atoms with Gasteiger partial charge in [-0.15, -0.1) is 0 Å². The van der Waals surface area contributed by atoms with E-state index in [2.05, 4.69) is 23.2 Å². The third kappa shape index (κ3) is 4.18. The quantitative estimate of drug-likeness (QED) is 0.427. The summed E-state index contributed by atoms with van der Waals surface area (Å²) in [6.07, 6.45) is 0. The highest BCUT2D eigenvalue weighted by Gasteiger charge is 1.75. The van der Waals surface area contributed by atoms with Crippen molar-refractivity contribution in [1.82, 2.24) is 0 Å². The first-order valence-electron chi connectivity index (χ1n) is 0.771. The van der Waals surface area contributed by atoms with Crippen LogP contribution in [0.1, 0.15) is 0 Å². The summed E-state index contributed by atoms with van der Waals surface area (Å²) in [4.78, 5) is 0. The lowest BCUT2D eigenvalue weighted by Crippen LogP contribution is -1.57. The molecule has 0 aromatic heterocycles. The molecule has 0 aliphatic heterocycles. The second kappa shape index (κ2) is 2.42. The summed E-state index contributed by atoms with van der Waals surface area (Å²) in [6.45, 7) is 0. The maximum Gasteiger partial charge on any atom is 0.228 e. The molecule has 0 amide bonds. The fraction of sp³-hybridized carbons (Fsp3) is 0. The Hall–Kier alpha value is 0.180. The van der Waals surface area contributed by atoms with Crippen LogP contribution in [0.25, 0.3) is 0 Å². The fourth-order valence-corrected chi connectivity index (χ4v) is 0. The molecule has 0 N–H and O–H groups in total. The van der Waals surface area contributed by atoms with Crippen LogP contribution in [0, 0.1) is 0 Å². The van der Waals surface area contributed by atoms with Crippen LogP contribution in [0.2, 0.25) is 0 Å². The summed E-state index contributed by atoms with van der Waals surface area (Å²) in [6, 6.07) is 0. The molecule has 0 aliphatic rings. The van der Waals surface area contributed by atoms with Gasteiger partial charge in [0.05, 0.1) is 0 Å². The van der Waals surface area contributed by atoms with Crippen molar-refractivity contribution in [1.29, 1.82) is 0 Å². The highest BCUT2D eigenvalue weighted by molar-refractivity contribution is 6.95. The Morgan fingerprint density at radius 1 is 1.60 bits per heavy atom. The van der Waals surface area contributed by atoms with Gasteiger partial charge in [0.15, 0.2) is 0 Å². The fourth-order valence-electron chi connectivity index (χ4n) is 0. The van der Waals surface area contributed by atoms with Gasteiger partial charge in [-0.05, 0) is 23.2 Å². The molecule has 0 saturated carbocycles. The van der Waals surface area contributed by atoms with E-state index in [1.165, 1.54) is 0 Å². The van der Waals surface area contributed by atoms with Gasteiger partial charge in [0, 0.05) is 0 Å². The highest BCUT2D eigenvalue weighted by atomic mass is 35.5. The lowest BCUT2D eigenvalue weighted by molar-refractivity contribution is 0.541. The van der Waals surface area contributed by atoms with E-state index in [0.29, 0.717) is 0 Å². The van der Waals surface area contributed by atoms with E-state index in [0.717, 1.165) is 0 Å². The number of halogens is 3. The smallest absolute Gasteiger partial charge is 0.0730 e. The molecule has 1 nitrogen and oxygen atoms in total. The van der Waals surface area contributed by atoms with Crippen molar-refractivity contribution >= 4 is 27.8 Å². The Kier molecular flexibility index (Phi) is 2.51. The Morgan fingerprint density at radius 3 is 1.80 bits per heavy atom. The van der Waals surface area contributed by atoms with Crippen molar-refractivity contribution in [3.8, 4) is 0 Å². The summed E-state index contributed by atoms with van der Waals surface area (Å²) in [5.74, 6) is 0. The zero-order valence-electron chi connectivity index (χ0n) is 2.08. The lowest BCUT2D eigenvalue weighted by atomic mass is 11.7. The molecule has 0 heterocycles. The van der Waals surface area contributed by atoms with Gasteiger partial charge >= 0.3 is 0 Å². The zero-order chi connectivity index (χ0) is 4.28. The Balaban J connectivity index is 3.14. The number of nitrogens with zero attached hydrogens (tertiary/aromatic N) is 1. The van der Waals surface area contributed by atoms with Gasteiger partial charge in [-0.1, -0.05) is 9.70 Å². The van der Waals surface area contributed by atoms with E-state index in [9.17, 15) is 4.48 Å². The topological polar surface area (TPSA) is 12.4 Å². The molecule has 0 aromatic carbocycles. The van der Waals surface area contributed by atoms with Gasteiger partial charge in [0.25, 0.3) is 0 Å². The zero-order valence-corrected chi connectivity index (χ0v) is 3.59. The average Bonchev–Trinajstić information content (AvgIpc) is 1.38. The second-order valence-electron chi connectivity index (χ2n) is 0.325. The normalized spacial score (nSPS) is 7.00.